The number of nitrogens with one attached hydrogen (secondary N) is 1. The molecule has 28 heavy (non-hydrogen) atoms. The first-order valence-corrected chi connectivity index (χ1v) is 10.8. The Kier molecular flexibility index (Phi) is 5.97. The number of rotatable bonds is 4. The predicted molar refractivity (Wildman–Crippen MR) is 101 cm³/mol. The van der Waals surface area contributed by atoms with Crippen LogP contribution in [0.1, 0.15) is 29.6 Å². The van der Waals surface area contributed by atoms with Crippen molar-refractivity contribution in [2.24, 2.45) is 0 Å². The average molecular weight is 480 g/mol. The van der Waals surface area contributed by atoms with Crippen molar-refractivity contribution in [3.63, 3.8) is 0 Å². The molecule has 2 heterocycles. The van der Waals surface area contributed by atoms with Crippen LogP contribution in [0.5, 0.6) is 0 Å². The Morgan fingerprint density at radius 3 is 2.75 bits per heavy atom. The molecule has 0 aliphatic carbocycles. The lowest BCUT2D eigenvalue weighted by atomic mass is 10.00. The second-order valence-electron chi connectivity index (χ2n) is 6.47. The van der Waals surface area contributed by atoms with E-state index >= 15 is 0 Å². The van der Waals surface area contributed by atoms with E-state index in [2.05, 4.69) is 20.9 Å². The van der Waals surface area contributed by atoms with E-state index in [0.29, 0.717) is 42.3 Å². The maximum Gasteiger partial charge on any atom is 0.511 e. The number of likely N-dealkylation sites (tertiary alicyclic amines) is 1. The van der Waals surface area contributed by atoms with Crippen molar-refractivity contribution in [1.29, 1.82) is 0 Å². The predicted octanol–water partition coefficient (Wildman–Crippen LogP) is 3.43. The minimum absolute atomic E-state index is 0.342. The smallest absolute Gasteiger partial charge is 0.334 e. The Balaban J connectivity index is 1.87. The van der Waals surface area contributed by atoms with Gasteiger partial charge in [0.2, 0.25) is 0 Å². The highest BCUT2D eigenvalue weighted by atomic mass is 79.9. The number of carbonyl (C=O) groups is 1. The maximum absolute atomic E-state index is 13.1. The number of fused-ring (bicyclic) bond motifs is 1. The Morgan fingerprint density at radius 2 is 2.04 bits per heavy atom. The summed E-state index contributed by atoms with van der Waals surface area (Å²) < 4.78 is 62.7. The van der Waals surface area contributed by atoms with Crippen LogP contribution >= 0.6 is 15.9 Å². The van der Waals surface area contributed by atoms with Crippen LogP contribution in [-0.4, -0.2) is 48.8 Å². The highest BCUT2D eigenvalue weighted by molar-refractivity contribution is 9.10. The molecule has 0 unspecified atom stereocenters. The van der Waals surface area contributed by atoms with Crippen LogP contribution in [0.4, 0.5) is 13.2 Å². The summed E-state index contributed by atoms with van der Waals surface area (Å²) in [6, 6.07) is 6.19. The first kappa shape index (κ1) is 21.0. The van der Waals surface area contributed by atoms with E-state index in [-0.39, 0.29) is 5.91 Å². The molecule has 11 heteroatoms. The number of sulfonamides is 1. The molecule has 1 N–H and O–H groups in total. The van der Waals surface area contributed by atoms with Gasteiger partial charge in [0.05, 0.1) is 11.1 Å². The van der Waals surface area contributed by atoms with Gasteiger partial charge in [-0.2, -0.15) is 13.2 Å². The fourth-order valence-electron chi connectivity index (χ4n) is 3.23. The number of amides is 1. The summed E-state index contributed by atoms with van der Waals surface area (Å²) in [7, 11) is -5.46. The standard InChI is InChI=1S/C17H17BrF3N3O3S/c18-11-4-5-15-14(9-11)13(6-7-22-15)16(25)24-8-2-1-3-12(24)10-23-28(26,27)17(19,20)21/h4-7,9,12,23H,1-3,8,10H2/t12-/m0/s1. The molecule has 6 nitrogen and oxygen atoms in total. The minimum Gasteiger partial charge on any atom is -0.334 e. The van der Waals surface area contributed by atoms with Crippen molar-refractivity contribution in [3.8, 4) is 0 Å². The number of halogens is 4. The van der Waals surface area contributed by atoms with Crippen LogP contribution in [0.2, 0.25) is 0 Å². The second-order valence-corrected chi connectivity index (χ2v) is 9.14. The molecule has 0 radical (unpaired) electrons. The van der Waals surface area contributed by atoms with Crippen molar-refractivity contribution in [1.82, 2.24) is 14.6 Å². The average Bonchev–Trinajstić information content (AvgIpc) is 2.64. The zero-order valence-corrected chi connectivity index (χ0v) is 16.9. The summed E-state index contributed by atoms with van der Waals surface area (Å²) in [6.07, 6.45) is 3.30. The molecular weight excluding hydrogens is 463 g/mol. The van der Waals surface area contributed by atoms with Gasteiger partial charge in [-0.3, -0.25) is 9.78 Å². The molecule has 1 aromatic carbocycles. The number of hydrogen-bond donors (Lipinski definition) is 1. The molecule has 1 aliphatic heterocycles. The van der Waals surface area contributed by atoms with E-state index in [0.717, 1.165) is 4.47 Å². The number of carbonyl (C=O) groups excluding carboxylic acids is 1. The van der Waals surface area contributed by atoms with E-state index in [4.69, 9.17) is 0 Å². The van der Waals surface area contributed by atoms with Crippen molar-refractivity contribution >= 4 is 42.8 Å². The third kappa shape index (κ3) is 4.31. The van der Waals surface area contributed by atoms with E-state index < -0.39 is 28.1 Å². The third-order valence-corrected chi connectivity index (χ3v) is 6.29. The quantitative estimate of drug-likeness (QED) is 0.728. The van der Waals surface area contributed by atoms with Crippen LogP contribution in [0, 0.1) is 0 Å². The largest absolute Gasteiger partial charge is 0.511 e. The highest BCUT2D eigenvalue weighted by Gasteiger charge is 2.46. The zero-order valence-electron chi connectivity index (χ0n) is 14.5. The minimum atomic E-state index is -5.46. The lowest BCUT2D eigenvalue weighted by Crippen LogP contribution is -2.51. The summed E-state index contributed by atoms with van der Waals surface area (Å²) in [5, 5.41) is 0.613. The molecule has 2 aromatic rings. The summed E-state index contributed by atoms with van der Waals surface area (Å²) in [4.78, 5) is 18.8. The Morgan fingerprint density at radius 1 is 1.29 bits per heavy atom. The van der Waals surface area contributed by atoms with Gasteiger partial charge in [0, 0.05) is 35.2 Å². The lowest BCUT2D eigenvalue weighted by molar-refractivity contribution is -0.0449. The molecule has 3 rings (SSSR count). The monoisotopic (exact) mass is 479 g/mol. The molecule has 1 amide bonds. The van der Waals surface area contributed by atoms with Gasteiger partial charge in [0.25, 0.3) is 5.91 Å². The zero-order chi connectivity index (χ0) is 20.5. The molecule has 0 saturated carbocycles. The van der Waals surface area contributed by atoms with Gasteiger partial charge in [-0.15, -0.1) is 0 Å². The summed E-state index contributed by atoms with van der Waals surface area (Å²) >= 11 is 3.35. The molecule has 0 spiro atoms. The van der Waals surface area contributed by atoms with Crippen LogP contribution in [0.3, 0.4) is 0 Å². The summed E-state index contributed by atoms with van der Waals surface area (Å²) in [5.41, 5.74) is -4.40. The van der Waals surface area contributed by atoms with E-state index in [1.807, 2.05) is 0 Å². The van der Waals surface area contributed by atoms with Gasteiger partial charge in [-0.1, -0.05) is 15.9 Å². The SMILES string of the molecule is O=C(c1ccnc2ccc(Br)cc12)N1CCCC[C@H]1CNS(=O)(=O)C(F)(F)F. The summed E-state index contributed by atoms with van der Waals surface area (Å²) in [5.74, 6) is -0.360. The van der Waals surface area contributed by atoms with Gasteiger partial charge in [0.15, 0.2) is 0 Å². The van der Waals surface area contributed by atoms with Gasteiger partial charge in [0.1, 0.15) is 0 Å². The lowest BCUT2D eigenvalue weighted by Gasteiger charge is -2.36. The highest BCUT2D eigenvalue weighted by Crippen LogP contribution is 2.26. The van der Waals surface area contributed by atoms with Crippen molar-refractivity contribution < 1.29 is 26.4 Å². The topological polar surface area (TPSA) is 79.4 Å². The normalized spacial score (nSPS) is 18.4. The second kappa shape index (κ2) is 7.96. The molecule has 1 fully saturated rings. The van der Waals surface area contributed by atoms with Gasteiger partial charge >= 0.3 is 15.5 Å². The number of piperidine rings is 1. The number of pyridine rings is 1. The molecule has 0 bridgehead atoms. The number of hydrogen-bond acceptors (Lipinski definition) is 4. The summed E-state index contributed by atoms with van der Waals surface area (Å²) in [6.45, 7) is -0.143. The van der Waals surface area contributed by atoms with E-state index in [9.17, 15) is 26.4 Å². The number of nitrogens with zero attached hydrogens (tertiary/aromatic N) is 2. The molecule has 1 atom stereocenters. The fourth-order valence-corrected chi connectivity index (χ4v) is 4.16. The van der Waals surface area contributed by atoms with Crippen molar-refractivity contribution in [2.75, 3.05) is 13.1 Å². The number of aromatic nitrogens is 1. The first-order valence-electron chi connectivity index (χ1n) is 8.51. The van der Waals surface area contributed by atoms with Crippen molar-refractivity contribution in [2.45, 2.75) is 30.8 Å². The van der Waals surface area contributed by atoms with Crippen LogP contribution in [0.15, 0.2) is 34.9 Å². The van der Waals surface area contributed by atoms with Crippen molar-refractivity contribution in [3.05, 3.63) is 40.5 Å². The van der Waals surface area contributed by atoms with Gasteiger partial charge < -0.3 is 4.90 Å². The fraction of sp³-hybridized carbons (Fsp3) is 0.412. The third-order valence-electron chi connectivity index (χ3n) is 4.64. The Bertz CT molecular complexity index is 998. The van der Waals surface area contributed by atoms with Crippen LogP contribution < -0.4 is 4.72 Å². The molecular formula is C17H17BrF3N3O3S. The molecule has 1 aromatic heterocycles. The van der Waals surface area contributed by atoms with E-state index in [1.54, 1.807) is 29.0 Å². The van der Waals surface area contributed by atoms with E-state index in [1.165, 1.54) is 11.1 Å². The van der Waals surface area contributed by atoms with Crippen LogP contribution in [-0.2, 0) is 10.0 Å². The Labute approximate surface area is 168 Å². The molecule has 152 valence electrons. The Hall–Kier alpha value is -1.72. The number of alkyl halides is 3. The molecule has 1 aliphatic rings. The maximum atomic E-state index is 13.1. The molecule has 1 saturated heterocycles. The first-order chi connectivity index (χ1) is 13.1. The number of benzene rings is 1. The van der Waals surface area contributed by atoms with Gasteiger partial charge in [-0.05, 0) is 43.5 Å². The van der Waals surface area contributed by atoms with Crippen LogP contribution in [0.25, 0.3) is 10.9 Å². The van der Waals surface area contributed by atoms with Gasteiger partial charge in [-0.25, -0.2) is 13.1 Å².